The first-order chi connectivity index (χ1) is 19.6. The van der Waals surface area contributed by atoms with Crippen LogP contribution in [0.5, 0.6) is 5.75 Å². The molecule has 216 valence electrons. The van der Waals surface area contributed by atoms with Gasteiger partial charge in [-0.3, -0.25) is 4.79 Å². The van der Waals surface area contributed by atoms with Crippen LogP contribution in [0.3, 0.4) is 0 Å². The molecule has 4 rings (SSSR count). The van der Waals surface area contributed by atoms with Crippen LogP contribution in [0, 0.1) is 0 Å². The highest BCUT2D eigenvalue weighted by atomic mass is 16.5. The number of nitrogens with zero attached hydrogens (tertiary/aromatic N) is 2. The first-order valence-corrected chi connectivity index (χ1v) is 13.8. The lowest BCUT2D eigenvalue weighted by Gasteiger charge is -2.20. The van der Waals surface area contributed by atoms with Gasteiger partial charge in [0.25, 0.3) is 5.91 Å². The van der Waals surface area contributed by atoms with Crippen LogP contribution in [0.15, 0.2) is 60.9 Å². The summed E-state index contributed by atoms with van der Waals surface area (Å²) >= 11 is 0. The van der Waals surface area contributed by atoms with E-state index in [1.807, 2.05) is 48.7 Å². The summed E-state index contributed by atoms with van der Waals surface area (Å²) < 4.78 is 5.58. The Morgan fingerprint density at radius 3 is 2.49 bits per heavy atom. The van der Waals surface area contributed by atoms with Gasteiger partial charge >= 0.3 is 6.03 Å². The van der Waals surface area contributed by atoms with Crippen molar-refractivity contribution < 1.29 is 14.3 Å². The van der Waals surface area contributed by atoms with Crippen molar-refractivity contribution in [3.63, 3.8) is 0 Å². The molecule has 3 amide bonds. The van der Waals surface area contributed by atoms with Gasteiger partial charge in [-0.15, -0.1) is 0 Å². The lowest BCUT2D eigenvalue weighted by molar-refractivity contribution is 0.0826. The van der Waals surface area contributed by atoms with Crippen LogP contribution in [0.2, 0.25) is 0 Å². The molecule has 2 heterocycles. The maximum atomic E-state index is 13.2. The van der Waals surface area contributed by atoms with E-state index in [1.165, 1.54) is 4.90 Å². The van der Waals surface area contributed by atoms with Gasteiger partial charge in [-0.1, -0.05) is 30.3 Å². The number of benzene rings is 2. The van der Waals surface area contributed by atoms with Crippen molar-refractivity contribution in [3.8, 4) is 28.0 Å². The third kappa shape index (κ3) is 7.43. The Hall–Kier alpha value is -4.37. The van der Waals surface area contributed by atoms with Crippen molar-refractivity contribution in [1.82, 2.24) is 30.8 Å². The number of rotatable bonds is 10. The van der Waals surface area contributed by atoms with E-state index in [0.29, 0.717) is 12.1 Å². The summed E-state index contributed by atoms with van der Waals surface area (Å²) in [5.74, 6) is 0.642. The standard InChI is InChI=1S/C32H40N6O3/c1-32(2,3)37-15-9-14-33-31(40)36-18-22-13-12-21(16-25(22)30(39)38(4)5)23-17-26-27(20-35-29(26)34-19-23)24-10-7-8-11-28(24)41-6/h7-8,10-13,16-17,19-20,37H,9,14-15,18H2,1-6H3,(H,34,35)(H2,33,36,40). The fourth-order valence-electron chi connectivity index (χ4n) is 4.59. The fourth-order valence-corrected chi connectivity index (χ4v) is 4.59. The van der Waals surface area contributed by atoms with Crippen LogP contribution in [0.4, 0.5) is 4.79 Å². The first kappa shape index (κ1) is 29.6. The highest BCUT2D eigenvalue weighted by Crippen LogP contribution is 2.36. The molecule has 0 atom stereocenters. The summed E-state index contributed by atoms with van der Waals surface area (Å²) in [6.45, 7) is 7.94. The zero-order chi connectivity index (χ0) is 29.6. The van der Waals surface area contributed by atoms with E-state index in [0.717, 1.165) is 57.6 Å². The number of hydrogen-bond acceptors (Lipinski definition) is 5. The van der Waals surface area contributed by atoms with Crippen molar-refractivity contribution in [3.05, 3.63) is 72.1 Å². The molecular weight excluding hydrogens is 516 g/mol. The molecule has 0 bridgehead atoms. The number of aromatic amines is 1. The Bertz CT molecular complexity index is 1520. The molecule has 0 fully saturated rings. The summed E-state index contributed by atoms with van der Waals surface area (Å²) in [5.41, 5.74) is 5.76. The monoisotopic (exact) mass is 556 g/mol. The smallest absolute Gasteiger partial charge is 0.315 e. The second-order valence-electron chi connectivity index (χ2n) is 11.2. The Morgan fingerprint density at radius 1 is 0.976 bits per heavy atom. The number of nitrogens with one attached hydrogen (secondary N) is 4. The van der Waals surface area contributed by atoms with Crippen molar-refractivity contribution >= 4 is 23.0 Å². The number of ether oxygens (including phenoxy) is 1. The van der Waals surface area contributed by atoms with E-state index in [9.17, 15) is 9.59 Å². The second-order valence-corrected chi connectivity index (χ2v) is 11.2. The molecule has 0 saturated carbocycles. The summed E-state index contributed by atoms with van der Waals surface area (Å²) in [5, 5.41) is 10.1. The molecule has 0 spiro atoms. The number of hydrogen-bond donors (Lipinski definition) is 4. The van der Waals surface area contributed by atoms with E-state index in [2.05, 4.69) is 52.8 Å². The Morgan fingerprint density at radius 2 is 1.76 bits per heavy atom. The largest absolute Gasteiger partial charge is 0.496 e. The van der Waals surface area contributed by atoms with Crippen molar-refractivity contribution in [2.45, 2.75) is 39.3 Å². The van der Waals surface area contributed by atoms with Crippen molar-refractivity contribution in [1.29, 1.82) is 0 Å². The quantitative estimate of drug-likeness (QED) is 0.201. The Labute approximate surface area is 241 Å². The highest BCUT2D eigenvalue weighted by Gasteiger charge is 2.17. The number of carbonyl (C=O) groups excluding carboxylic acids is 2. The van der Waals surface area contributed by atoms with Gasteiger partial charge < -0.3 is 30.6 Å². The van der Waals surface area contributed by atoms with E-state index in [-0.39, 0.29) is 24.0 Å². The number of amides is 3. The van der Waals surface area contributed by atoms with Crippen LogP contribution in [0.1, 0.15) is 43.1 Å². The lowest BCUT2D eigenvalue weighted by atomic mass is 9.97. The summed E-state index contributed by atoms with van der Waals surface area (Å²) in [4.78, 5) is 35.0. The molecule has 0 radical (unpaired) electrons. The molecule has 4 aromatic rings. The Balaban J connectivity index is 1.54. The van der Waals surface area contributed by atoms with Gasteiger partial charge in [0.15, 0.2) is 0 Å². The molecule has 0 aliphatic rings. The third-order valence-electron chi connectivity index (χ3n) is 6.74. The molecule has 0 aliphatic carbocycles. The van der Waals surface area contributed by atoms with Gasteiger partial charge in [-0.05, 0) is 63.1 Å². The predicted molar refractivity (Wildman–Crippen MR) is 164 cm³/mol. The molecule has 4 N–H and O–H groups in total. The zero-order valence-electron chi connectivity index (χ0n) is 24.7. The van der Waals surface area contributed by atoms with Crippen LogP contribution < -0.4 is 20.7 Å². The van der Waals surface area contributed by atoms with E-state index in [1.54, 1.807) is 27.4 Å². The SMILES string of the molecule is COc1ccccc1-c1c[nH]c2ncc(-c3ccc(CNC(=O)NCCCNC(C)(C)C)c(C(=O)N(C)C)c3)cc12. The number of aromatic nitrogens is 2. The van der Waals surface area contributed by atoms with Gasteiger partial charge in [0.2, 0.25) is 0 Å². The molecule has 2 aromatic heterocycles. The molecule has 9 nitrogen and oxygen atoms in total. The van der Waals surface area contributed by atoms with Gasteiger partial charge in [0.05, 0.1) is 7.11 Å². The first-order valence-electron chi connectivity index (χ1n) is 13.8. The van der Waals surface area contributed by atoms with Gasteiger partial charge in [-0.2, -0.15) is 0 Å². The number of methoxy groups -OCH3 is 1. The van der Waals surface area contributed by atoms with Crippen molar-refractivity contribution in [2.75, 3.05) is 34.3 Å². The third-order valence-corrected chi connectivity index (χ3v) is 6.74. The number of pyridine rings is 1. The normalized spacial score (nSPS) is 11.4. The minimum Gasteiger partial charge on any atom is -0.496 e. The second kappa shape index (κ2) is 12.9. The zero-order valence-corrected chi connectivity index (χ0v) is 24.7. The average molecular weight is 557 g/mol. The molecule has 0 aliphatic heterocycles. The number of urea groups is 1. The minimum atomic E-state index is -0.265. The van der Waals surface area contributed by atoms with E-state index >= 15 is 0 Å². The van der Waals surface area contributed by atoms with Gasteiger partial charge in [0, 0.05) is 72.8 Å². The molecule has 9 heteroatoms. The molecule has 0 saturated heterocycles. The van der Waals surface area contributed by atoms with E-state index in [4.69, 9.17) is 4.74 Å². The highest BCUT2D eigenvalue weighted by molar-refractivity contribution is 5.99. The van der Waals surface area contributed by atoms with Crippen LogP contribution in [0.25, 0.3) is 33.3 Å². The molecule has 0 unspecified atom stereocenters. The van der Waals surface area contributed by atoms with Gasteiger partial charge in [0.1, 0.15) is 11.4 Å². The predicted octanol–water partition coefficient (Wildman–Crippen LogP) is 5.18. The number of para-hydroxylation sites is 1. The summed E-state index contributed by atoms with van der Waals surface area (Å²) in [6.07, 6.45) is 4.55. The van der Waals surface area contributed by atoms with Crippen molar-refractivity contribution in [2.24, 2.45) is 0 Å². The molecule has 41 heavy (non-hydrogen) atoms. The number of H-pyrrole nitrogens is 1. The number of carbonyl (C=O) groups is 2. The number of fused-ring (bicyclic) bond motifs is 1. The maximum absolute atomic E-state index is 13.2. The van der Waals surface area contributed by atoms with Crippen LogP contribution in [-0.4, -0.2) is 66.6 Å². The lowest BCUT2D eigenvalue weighted by Crippen LogP contribution is -2.39. The summed E-state index contributed by atoms with van der Waals surface area (Å²) in [6, 6.07) is 15.4. The molecule has 2 aromatic carbocycles. The van der Waals surface area contributed by atoms with Crippen LogP contribution in [-0.2, 0) is 6.54 Å². The average Bonchev–Trinajstić information content (AvgIpc) is 3.38. The molecular formula is C32H40N6O3. The van der Waals surface area contributed by atoms with E-state index < -0.39 is 0 Å². The Kier molecular flexibility index (Phi) is 9.29. The van der Waals surface area contributed by atoms with Crippen LogP contribution >= 0.6 is 0 Å². The summed E-state index contributed by atoms with van der Waals surface area (Å²) in [7, 11) is 5.10. The topological polar surface area (TPSA) is 111 Å². The fraction of sp³-hybridized carbons (Fsp3) is 0.344. The maximum Gasteiger partial charge on any atom is 0.315 e. The van der Waals surface area contributed by atoms with Gasteiger partial charge in [-0.25, -0.2) is 9.78 Å². The minimum absolute atomic E-state index is 0.0466.